The van der Waals surface area contributed by atoms with Crippen molar-refractivity contribution in [2.24, 2.45) is 4.99 Å². The van der Waals surface area contributed by atoms with Crippen LogP contribution in [-0.4, -0.2) is 11.8 Å². The van der Waals surface area contributed by atoms with Crippen molar-refractivity contribution in [3.63, 3.8) is 0 Å². The van der Waals surface area contributed by atoms with E-state index in [0.29, 0.717) is 6.04 Å². The summed E-state index contributed by atoms with van der Waals surface area (Å²) < 4.78 is 0. The van der Waals surface area contributed by atoms with Crippen molar-refractivity contribution >= 4 is 5.71 Å². The Kier molecular flexibility index (Phi) is 22.1. The van der Waals surface area contributed by atoms with Crippen molar-refractivity contribution in [2.45, 2.75) is 193 Å². The van der Waals surface area contributed by atoms with Crippen LogP contribution in [0.5, 0.6) is 0 Å². The highest BCUT2D eigenvalue weighted by Gasteiger charge is 2.13. The summed E-state index contributed by atoms with van der Waals surface area (Å²) >= 11 is 0. The Labute approximate surface area is 204 Å². The van der Waals surface area contributed by atoms with Crippen LogP contribution in [0, 0.1) is 0 Å². The normalized spacial score (nSPS) is 15.5. The Morgan fingerprint density at radius 3 is 1.19 bits per heavy atom. The van der Waals surface area contributed by atoms with Crippen molar-refractivity contribution in [1.29, 1.82) is 0 Å². The molecule has 1 fully saturated rings. The number of hydrogen-bond donors (Lipinski definition) is 0. The van der Waals surface area contributed by atoms with Crippen LogP contribution in [0.4, 0.5) is 0 Å². The maximum Gasteiger partial charge on any atom is 0.0499 e. The van der Waals surface area contributed by atoms with Gasteiger partial charge in [0.2, 0.25) is 0 Å². The van der Waals surface area contributed by atoms with Gasteiger partial charge in [0.25, 0.3) is 0 Å². The zero-order valence-electron chi connectivity index (χ0n) is 22.6. The molecule has 0 aromatic rings. The molecule has 0 saturated heterocycles. The first-order valence-electron chi connectivity index (χ1n) is 15.4. The molecule has 0 amide bonds. The van der Waals surface area contributed by atoms with Crippen molar-refractivity contribution in [2.75, 3.05) is 0 Å². The minimum atomic E-state index is 0.672. The SMILES string of the molecule is CCCCCCCCCCCCCCCC(CCCCCCCCC)=NC1CCCCC1. The molecule has 1 heteroatoms. The molecule has 32 heavy (non-hydrogen) atoms. The Morgan fingerprint density at radius 2 is 0.812 bits per heavy atom. The van der Waals surface area contributed by atoms with Gasteiger partial charge >= 0.3 is 0 Å². The minimum Gasteiger partial charge on any atom is -0.291 e. The summed E-state index contributed by atoms with van der Waals surface area (Å²) in [6.45, 7) is 4.62. The summed E-state index contributed by atoms with van der Waals surface area (Å²) in [4.78, 5) is 5.29. The maximum atomic E-state index is 5.29. The van der Waals surface area contributed by atoms with Crippen molar-refractivity contribution < 1.29 is 0 Å². The third kappa shape index (κ3) is 19.2. The first-order valence-corrected chi connectivity index (χ1v) is 15.4. The predicted molar refractivity (Wildman–Crippen MR) is 147 cm³/mol. The van der Waals surface area contributed by atoms with Gasteiger partial charge in [-0.2, -0.15) is 0 Å². The van der Waals surface area contributed by atoms with Gasteiger partial charge in [-0.3, -0.25) is 4.99 Å². The second-order valence-electron chi connectivity index (χ2n) is 10.9. The molecule has 0 atom stereocenters. The molecule has 1 nitrogen and oxygen atoms in total. The quantitative estimate of drug-likeness (QED) is 0.109. The van der Waals surface area contributed by atoms with Gasteiger partial charge < -0.3 is 0 Å². The molecule has 1 aliphatic rings. The van der Waals surface area contributed by atoms with E-state index in [1.165, 1.54) is 173 Å². The van der Waals surface area contributed by atoms with Gasteiger partial charge in [-0.15, -0.1) is 0 Å². The second-order valence-corrected chi connectivity index (χ2v) is 10.9. The van der Waals surface area contributed by atoms with E-state index in [4.69, 9.17) is 4.99 Å². The van der Waals surface area contributed by atoms with Gasteiger partial charge in [0.15, 0.2) is 0 Å². The molecule has 1 aliphatic carbocycles. The van der Waals surface area contributed by atoms with Crippen LogP contribution >= 0.6 is 0 Å². The molecule has 0 aliphatic heterocycles. The lowest BCUT2D eigenvalue weighted by atomic mass is 9.95. The molecular formula is C31H61N. The molecule has 1 rings (SSSR count). The van der Waals surface area contributed by atoms with E-state index in [9.17, 15) is 0 Å². The van der Waals surface area contributed by atoms with E-state index in [0.717, 1.165) is 0 Å². The van der Waals surface area contributed by atoms with Gasteiger partial charge in [-0.25, -0.2) is 0 Å². The minimum absolute atomic E-state index is 0.672. The lowest BCUT2D eigenvalue weighted by Crippen LogP contribution is -2.13. The number of aliphatic imine (C=N–C) groups is 1. The Bertz CT molecular complexity index is 393. The van der Waals surface area contributed by atoms with Crippen LogP contribution in [0.15, 0.2) is 4.99 Å². The first-order chi connectivity index (χ1) is 15.9. The van der Waals surface area contributed by atoms with Crippen LogP contribution in [0.2, 0.25) is 0 Å². The highest BCUT2D eigenvalue weighted by Crippen LogP contribution is 2.22. The Morgan fingerprint density at radius 1 is 0.469 bits per heavy atom. The highest BCUT2D eigenvalue weighted by atomic mass is 14.8. The van der Waals surface area contributed by atoms with Gasteiger partial charge in [0.05, 0.1) is 0 Å². The average molecular weight is 448 g/mol. The molecule has 0 aromatic carbocycles. The molecule has 0 aromatic heterocycles. The van der Waals surface area contributed by atoms with Gasteiger partial charge in [-0.1, -0.05) is 149 Å². The number of hydrogen-bond acceptors (Lipinski definition) is 1. The fraction of sp³-hybridized carbons (Fsp3) is 0.968. The summed E-state index contributed by atoms with van der Waals surface area (Å²) in [5.41, 5.74) is 1.59. The van der Waals surface area contributed by atoms with E-state index >= 15 is 0 Å². The maximum absolute atomic E-state index is 5.29. The first kappa shape index (κ1) is 29.7. The average Bonchev–Trinajstić information content (AvgIpc) is 2.82. The third-order valence-corrected chi connectivity index (χ3v) is 7.58. The zero-order chi connectivity index (χ0) is 23.0. The largest absolute Gasteiger partial charge is 0.291 e. The molecule has 0 radical (unpaired) electrons. The number of rotatable bonds is 23. The van der Waals surface area contributed by atoms with E-state index in [1.54, 1.807) is 5.71 Å². The van der Waals surface area contributed by atoms with E-state index < -0.39 is 0 Å². The predicted octanol–water partition coefficient (Wildman–Crippen LogP) is 11.4. The molecule has 0 spiro atoms. The Balaban J connectivity index is 2.07. The zero-order valence-corrected chi connectivity index (χ0v) is 22.6. The monoisotopic (exact) mass is 447 g/mol. The smallest absolute Gasteiger partial charge is 0.0499 e. The lowest BCUT2D eigenvalue weighted by molar-refractivity contribution is 0.441. The fourth-order valence-electron chi connectivity index (χ4n) is 5.36. The molecule has 0 unspecified atom stereocenters. The molecule has 190 valence electrons. The van der Waals surface area contributed by atoms with E-state index in [1.807, 2.05) is 0 Å². The van der Waals surface area contributed by atoms with Crippen molar-refractivity contribution in [3.05, 3.63) is 0 Å². The van der Waals surface area contributed by atoms with E-state index in [-0.39, 0.29) is 0 Å². The third-order valence-electron chi connectivity index (χ3n) is 7.58. The van der Waals surface area contributed by atoms with Crippen LogP contribution in [0.1, 0.15) is 187 Å². The molecule has 0 N–H and O–H groups in total. The highest BCUT2D eigenvalue weighted by molar-refractivity contribution is 5.84. The number of unbranched alkanes of at least 4 members (excludes halogenated alkanes) is 18. The van der Waals surface area contributed by atoms with Crippen LogP contribution in [-0.2, 0) is 0 Å². The summed E-state index contributed by atoms with van der Waals surface area (Å²) in [6.07, 6.45) is 38.3. The fourth-order valence-corrected chi connectivity index (χ4v) is 5.36. The van der Waals surface area contributed by atoms with Gasteiger partial charge in [-0.05, 0) is 38.5 Å². The number of nitrogens with zero attached hydrogens (tertiary/aromatic N) is 1. The molecular weight excluding hydrogens is 386 g/mol. The van der Waals surface area contributed by atoms with Crippen molar-refractivity contribution in [3.8, 4) is 0 Å². The molecule has 1 saturated carbocycles. The van der Waals surface area contributed by atoms with Crippen LogP contribution in [0.3, 0.4) is 0 Å². The van der Waals surface area contributed by atoms with E-state index in [2.05, 4.69) is 13.8 Å². The summed E-state index contributed by atoms with van der Waals surface area (Å²) in [5.74, 6) is 0. The standard InChI is InChI=1S/C31H61N/c1-3-5-7-9-11-12-13-14-15-16-18-20-23-27-30(32-31-28-24-21-25-29-31)26-22-19-17-10-8-6-4-2/h31H,3-29H2,1-2H3. The Hall–Kier alpha value is -0.330. The summed E-state index contributed by atoms with van der Waals surface area (Å²) in [7, 11) is 0. The van der Waals surface area contributed by atoms with Crippen LogP contribution in [0.25, 0.3) is 0 Å². The lowest BCUT2D eigenvalue weighted by Gasteiger charge is -2.19. The van der Waals surface area contributed by atoms with Crippen molar-refractivity contribution in [1.82, 2.24) is 0 Å². The summed E-state index contributed by atoms with van der Waals surface area (Å²) in [6, 6.07) is 0.672. The second kappa shape index (κ2) is 23.8. The molecule has 0 heterocycles. The molecule has 0 bridgehead atoms. The van der Waals surface area contributed by atoms with Gasteiger partial charge in [0, 0.05) is 11.8 Å². The summed E-state index contributed by atoms with van der Waals surface area (Å²) in [5, 5.41) is 0. The topological polar surface area (TPSA) is 12.4 Å². The van der Waals surface area contributed by atoms with Crippen LogP contribution < -0.4 is 0 Å². The van der Waals surface area contributed by atoms with Gasteiger partial charge in [0.1, 0.15) is 0 Å².